The molecular formula is C28H29NO2. The highest BCUT2D eigenvalue weighted by Crippen LogP contribution is 2.30. The van der Waals surface area contributed by atoms with Crippen LogP contribution in [0.1, 0.15) is 50.7 Å². The SMILES string of the molecule is CCCCC(CC)COC(=O)/C(C#N)=C(\c1ccccc1)c1ccc2ccccc2c1. The Kier molecular flexibility index (Phi) is 8.01. The molecule has 3 rings (SSSR count). The third-order valence-electron chi connectivity index (χ3n) is 5.66. The van der Waals surface area contributed by atoms with Crippen molar-refractivity contribution in [3.8, 4) is 6.07 Å². The fraction of sp³-hybridized carbons (Fsp3) is 0.286. The third-order valence-corrected chi connectivity index (χ3v) is 5.66. The van der Waals surface area contributed by atoms with Gasteiger partial charge in [0.1, 0.15) is 11.6 Å². The van der Waals surface area contributed by atoms with Crippen molar-refractivity contribution in [1.82, 2.24) is 0 Å². The van der Waals surface area contributed by atoms with E-state index in [1.54, 1.807) is 0 Å². The standard InChI is InChI=1S/C28H29NO2/c1-3-5-11-21(4-2)20-31-28(30)26(19-29)27(23-13-7-6-8-14-23)25-17-16-22-12-9-10-15-24(22)18-25/h6-10,12-18,21H,3-5,11,20H2,1-2H3/b27-26+. The van der Waals surface area contributed by atoms with E-state index in [9.17, 15) is 10.1 Å². The molecule has 0 aliphatic carbocycles. The third kappa shape index (κ3) is 5.61. The van der Waals surface area contributed by atoms with Gasteiger partial charge in [-0.25, -0.2) is 4.79 Å². The fourth-order valence-corrected chi connectivity index (χ4v) is 3.77. The van der Waals surface area contributed by atoms with Gasteiger partial charge in [0.2, 0.25) is 0 Å². The monoisotopic (exact) mass is 411 g/mol. The molecule has 3 heteroatoms. The Labute approximate surface area is 185 Å². The van der Waals surface area contributed by atoms with E-state index in [4.69, 9.17) is 4.74 Å². The number of carbonyl (C=O) groups is 1. The summed E-state index contributed by atoms with van der Waals surface area (Å²) in [4.78, 5) is 13.0. The largest absolute Gasteiger partial charge is 0.461 e. The van der Waals surface area contributed by atoms with E-state index >= 15 is 0 Å². The van der Waals surface area contributed by atoms with Gasteiger partial charge in [-0.15, -0.1) is 0 Å². The molecule has 31 heavy (non-hydrogen) atoms. The number of rotatable bonds is 9. The van der Waals surface area contributed by atoms with Crippen LogP contribution >= 0.6 is 0 Å². The molecule has 3 aromatic carbocycles. The van der Waals surface area contributed by atoms with Crippen molar-refractivity contribution in [3.05, 3.63) is 89.5 Å². The Morgan fingerprint density at radius 1 is 0.935 bits per heavy atom. The molecule has 1 unspecified atom stereocenters. The molecule has 1 atom stereocenters. The van der Waals surface area contributed by atoms with Gasteiger partial charge in [0.15, 0.2) is 0 Å². The van der Waals surface area contributed by atoms with E-state index in [2.05, 4.69) is 19.9 Å². The number of esters is 1. The van der Waals surface area contributed by atoms with Gasteiger partial charge in [-0.05, 0) is 40.3 Å². The van der Waals surface area contributed by atoms with Crippen molar-refractivity contribution in [2.75, 3.05) is 6.61 Å². The van der Waals surface area contributed by atoms with Gasteiger partial charge in [0.25, 0.3) is 0 Å². The van der Waals surface area contributed by atoms with Crippen LogP contribution in [0.3, 0.4) is 0 Å². The highest BCUT2D eigenvalue weighted by molar-refractivity contribution is 6.06. The molecule has 0 bridgehead atoms. The molecule has 0 saturated heterocycles. The molecule has 3 nitrogen and oxygen atoms in total. The average Bonchev–Trinajstić information content (AvgIpc) is 2.82. The van der Waals surface area contributed by atoms with Gasteiger partial charge >= 0.3 is 5.97 Å². The Morgan fingerprint density at radius 2 is 1.65 bits per heavy atom. The first-order valence-corrected chi connectivity index (χ1v) is 11.0. The first-order valence-electron chi connectivity index (χ1n) is 11.0. The lowest BCUT2D eigenvalue weighted by molar-refractivity contribution is -0.139. The van der Waals surface area contributed by atoms with Crippen molar-refractivity contribution in [1.29, 1.82) is 5.26 Å². The Morgan fingerprint density at radius 3 is 2.32 bits per heavy atom. The number of carbonyl (C=O) groups excluding carboxylic acids is 1. The summed E-state index contributed by atoms with van der Waals surface area (Å²) in [5.74, 6) is -0.228. The van der Waals surface area contributed by atoms with Crippen LogP contribution in [0.15, 0.2) is 78.4 Å². The summed E-state index contributed by atoms with van der Waals surface area (Å²) in [6.07, 6.45) is 4.22. The molecule has 0 aromatic heterocycles. The summed E-state index contributed by atoms with van der Waals surface area (Å²) < 4.78 is 5.64. The molecule has 3 aromatic rings. The minimum Gasteiger partial charge on any atom is -0.461 e. The molecule has 0 aliphatic heterocycles. The van der Waals surface area contributed by atoms with Crippen LogP contribution in [-0.2, 0) is 9.53 Å². The number of hydrogen-bond acceptors (Lipinski definition) is 3. The van der Waals surface area contributed by atoms with Gasteiger partial charge in [-0.1, -0.05) is 99.8 Å². The van der Waals surface area contributed by atoms with E-state index in [0.717, 1.165) is 47.6 Å². The second kappa shape index (κ2) is 11.1. The Bertz CT molecular complexity index is 1090. The minimum absolute atomic E-state index is 0.0480. The first-order chi connectivity index (χ1) is 15.2. The van der Waals surface area contributed by atoms with Crippen LogP contribution in [-0.4, -0.2) is 12.6 Å². The zero-order valence-corrected chi connectivity index (χ0v) is 18.3. The van der Waals surface area contributed by atoms with Crippen LogP contribution in [0, 0.1) is 17.2 Å². The quantitative estimate of drug-likeness (QED) is 0.218. The highest BCUT2D eigenvalue weighted by atomic mass is 16.5. The van der Waals surface area contributed by atoms with Gasteiger partial charge in [-0.2, -0.15) is 5.26 Å². The van der Waals surface area contributed by atoms with Gasteiger partial charge in [0.05, 0.1) is 6.61 Å². The maximum Gasteiger partial charge on any atom is 0.349 e. The van der Waals surface area contributed by atoms with E-state index in [0.29, 0.717) is 18.1 Å². The van der Waals surface area contributed by atoms with Crippen LogP contribution in [0.2, 0.25) is 0 Å². The summed E-state index contributed by atoms with van der Waals surface area (Å²) in [7, 11) is 0. The lowest BCUT2D eigenvalue weighted by Gasteiger charge is -2.16. The van der Waals surface area contributed by atoms with Crippen molar-refractivity contribution >= 4 is 22.3 Å². The van der Waals surface area contributed by atoms with Gasteiger partial charge in [0, 0.05) is 5.57 Å². The van der Waals surface area contributed by atoms with Crippen LogP contribution in [0.25, 0.3) is 16.3 Å². The van der Waals surface area contributed by atoms with Crippen molar-refractivity contribution in [2.45, 2.75) is 39.5 Å². The summed E-state index contributed by atoms with van der Waals surface area (Å²) >= 11 is 0. The molecule has 0 aliphatic rings. The summed E-state index contributed by atoms with van der Waals surface area (Å²) in [6.45, 7) is 4.62. The molecule has 158 valence electrons. The summed E-state index contributed by atoms with van der Waals surface area (Å²) in [5.41, 5.74) is 2.31. The number of fused-ring (bicyclic) bond motifs is 1. The zero-order valence-electron chi connectivity index (χ0n) is 18.3. The number of nitriles is 1. The number of benzene rings is 3. The maximum atomic E-state index is 13.0. The molecule has 0 radical (unpaired) electrons. The molecule has 0 fully saturated rings. The van der Waals surface area contributed by atoms with E-state index < -0.39 is 5.97 Å². The highest BCUT2D eigenvalue weighted by Gasteiger charge is 2.21. The fourth-order valence-electron chi connectivity index (χ4n) is 3.77. The molecular weight excluding hydrogens is 382 g/mol. The summed E-state index contributed by atoms with van der Waals surface area (Å²) in [5, 5.41) is 12.1. The van der Waals surface area contributed by atoms with E-state index in [-0.39, 0.29) is 5.57 Å². The number of unbranched alkanes of at least 4 members (excludes halogenated alkanes) is 1. The first kappa shape index (κ1) is 22.3. The van der Waals surface area contributed by atoms with Crippen LogP contribution in [0.5, 0.6) is 0 Å². The van der Waals surface area contributed by atoms with E-state index in [1.165, 1.54) is 0 Å². The lowest BCUT2D eigenvalue weighted by atomic mass is 9.92. The molecule has 0 spiro atoms. The van der Waals surface area contributed by atoms with Crippen molar-refractivity contribution in [2.24, 2.45) is 5.92 Å². The normalized spacial score (nSPS) is 12.7. The van der Waals surface area contributed by atoms with Crippen LogP contribution < -0.4 is 0 Å². The topological polar surface area (TPSA) is 50.1 Å². The molecule has 0 saturated carbocycles. The minimum atomic E-state index is -0.551. The number of ether oxygens (including phenoxy) is 1. The molecule has 0 amide bonds. The Hall–Kier alpha value is -3.38. The smallest absolute Gasteiger partial charge is 0.349 e. The second-order valence-electron chi connectivity index (χ2n) is 7.80. The molecule has 0 heterocycles. The van der Waals surface area contributed by atoms with E-state index in [1.807, 2.05) is 72.8 Å². The summed E-state index contributed by atoms with van der Waals surface area (Å²) in [6, 6.07) is 25.8. The van der Waals surface area contributed by atoms with Crippen molar-refractivity contribution in [3.63, 3.8) is 0 Å². The zero-order chi connectivity index (χ0) is 22.1. The Balaban J connectivity index is 2.01. The molecule has 0 N–H and O–H groups in total. The average molecular weight is 412 g/mol. The van der Waals surface area contributed by atoms with Crippen LogP contribution in [0.4, 0.5) is 0 Å². The van der Waals surface area contributed by atoms with Gasteiger partial charge < -0.3 is 4.74 Å². The number of hydrogen-bond donors (Lipinski definition) is 0. The predicted octanol–water partition coefficient (Wildman–Crippen LogP) is 6.92. The van der Waals surface area contributed by atoms with Gasteiger partial charge in [-0.3, -0.25) is 0 Å². The maximum absolute atomic E-state index is 13.0. The lowest BCUT2D eigenvalue weighted by Crippen LogP contribution is -2.16. The van der Waals surface area contributed by atoms with Crippen molar-refractivity contribution < 1.29 is 9.53 Å². The number of nitrogens with zero attached hydrogens (tertiary/aromatic N) is 1. The predicted molar refractivity (Wildman–Crippen MR) is 126 cm³/mol. The second-order valence-corrected chi connectivity index (χ2v) is 7.80.